The maximum Gasteiger partial charge on any atom is 0.237 e. The maximum atomic E-state index is 12.1. The lowest BCUT2D eigenvalue weighted by Crippen LogP contribution is -2.56. The third-order valence-electron chi connectivity index (χ3n) is 4.69. The normalized spacial score (nSPS) is 43.2. The van der Waals surface area contributed by atoms with Crippen molar-refractivity contribution in [3.63, 3.8) is 0 Å². The van der Waals surface area contributed by atoms with Gasteiger partial charge in [0.15, 0.2) is 0 Å². The molecule has 2 bridgehead atoms. The van der Waals surface area contributed by atoms with Crippen molar-refractivity contribution < 1.29 is 4.79 Å². The number of rotatable bonds is 1. The van der Waals surface area contributed by atoms with Gasteiger partial charge >= 0.3 is 0 Å². The van der Waals surface area contributed by atoms with Gasteiger partial charge in [-0.3, -0.25) is 9.69 Å². The summed E-state index contributed by atoms with van der Waals surface area (Å²) in [5, 5.41) is 3.06. The van der Waals surface area contributed by atoms with Gasteiger partial charge in [0.1, 0.15) is 0 Å². The number of amides is 1. The second-order valence-corrected chi connectivity index (χ2v) is 5.87. The quantitative estimate of drug-likeness (QED) is 0.702. The fourth-order valence-electron chi connectivity index (χ4n) is 3.97. The Morgan fingerprint density at radius 2 is 1.82 bits per heavy atom. The van der Waals surface area contributed by atoms with Crippen LogP contribution in [0.15, 0.2) is 0 Å². The average Bonchev–Trinajstić information content (AvgIpc) is 2.50. The molecule has 3 N–H and O–H groups in total. The average molecular weight is 237 g/mol. The smallest absolute Gasteiger partial charge is 0.237 e. The van der Waals surface area contributed by atoms with Crippen LogP contribution in [0, 0.1) is 0 Å². The van der Waals surface area contributed by atoms with Crippen molar-refractivity contribution in [1.29, 1.82) is 0 Å². The summed E-state index contributed by atoms with van der Waals surface area (Å²) in [6, 6.07) is 1.62. The molecule has 0 radical (unpaired) electrons. The van der Waals surface area contributed by atoms with Gasteiger partial charge in [-0.2, -0.15) is 0 Å². The minimum Gasteiger partial charge on any atom is -0.355 e. The molecule has 3 atom stereocenters. The van der Waals surface area contributed by atoms with Gasteiger partial charge in [0, 0.05) is 24.7 Å². The van der Waals surface area contributed by atoms with Crippen LogP contribution in [-0.4, -0.2) is 41.5 Å². The van der Waals surface area contributed by atoms with E-state index in [1.807, 2.05) is 0 Å². The zero-order chi connectivity index (χ0) is 11.8. The topological polar surface area (TPSA) is 58.4 Å². The van der Waals surface area contributed by atoms with Gasteiger partial charge in [-0.15, -0.1) is 0 Å². The number of hydrogen-bond acceptors (Lipinski definition) is 3. The Morgan fingerprint density at radius 1 is 1.12 bits per heavy atom. The maximum absolute atomic E-state index is 12.1. The molecule has 0 spiro atoms. The molecule has 17 heavy (non-hydrogen) atoms. The Hall–Kier alpha value is -0.610. The largest absolute Gasteiger partial charge is 0.355 e. The molecule has 0 aliphatic carbocycles. The Kier molecular flexibility index (Phi) is 3.09. The first-order valence-electron chi connectivity index (χ1n) is 7.06. The van der Waals surface area contributed by atoms with E-state index in [4.69, 9.17) is 5.73 Å². The molecule has 1 amide bonds. The van der Waals surface area contributed by atoms with E-state index in [1.54, 1.807) is 0 Å². The molecular formula is C13H23N3O. The lowest BCUT2D eigenvalue weighted by Gasteiger charge is -2.41. The van der Waals surface area contributed by atoms with Gasteiger partial charge in [-0.25, -0.2) is 0 Å². The number of piperidine rings is 1. The van der Waals surface area contributed by atoms with Crippen molar-refractivity contribution in [2.75, 3.05) is 6.54 Å². The van der Waals surface area contributed by atoms with E-state index >= 15 is 0 Å². The number of nitrogens with one attached hydrogen (secondary N) is 1. The summed E-state index contributed by atoms with van der Waals surface area (Å²) >= 11 is 0. The second kappa shape index (κ2) is 4.58. The predicted molar refractivity (Wildman–Crippen MR) is 66.5 cm³/mol. The van der Waals surface area contributed by atoms with Crippen LogP contribution in [0.2, 0.25) is 0 Å². The molecule has 4 heteroatoms. The van der Waals surface area contributed by atoms with E-state index in [9.17, 15) is 4.79 Å². The van der Waals surface area contributed by atoms with Crippen LogP contribution in [0.1, 0.15) is 44.9 Å². The number of carbonyl (C=O) groups excluding carboxylic acids is 1. The van der Waals surface area contributed by atoms with Crippen LogP contribution < -0.4 is 11.1 Å². The second-order valence-electron chi connectivity index (χ2n) is 5.87. The number of nitrogens with zero attached hydrogens (tertiary/aromatic N) is 1. The first-order valence-corrected chi connectivity index (χ1v) is 7.06. The minimum atomic E-state index is 0.127. The molecule has 3 aliphatic rings. The van der Waals surface area contributed by atoms with Gasteiger partial charge in [0.05, 0.1) is 6.04 Å². The molecule has 3 aliphatic heterocycles. The Bertz CT molecular complexity index is 293. The monoisotopic (exact) mass is 237 g/mol. The predicted octanol–water partition coefficient (Wildman–Crippen LogP) is 0.609. The molecule has 3 unspecified atom stereocenters. The van der Waals surface area contributed by atoms with Crippen molar-refractivity contribution in [2.24, 2.45) is 5.73 Å². The van der Waals surface area contributed by atoms with Crippen LogP contribution in [0.25, 0.3) is 0 Å². The highest BCUT2D eigenvalue weighted by molar-refractivity contribution is 5.82. The van der Waals surface area contributed by atoms with Crippen molar-refractivity contribution >= 4 is 5.91 Å². The summed E-state index contributed by atoms with van der Waals surface area (Å²) in [6.45, 7) is 0.859. The molecule has 0 aromatic heterocycles. The lowest BCUT2D eigenvalue weighted by molar-refractivity contribution is -0.128. The summed E-state index contributed by atoms with van der Waals surface area (Å²) in [5.41, 5.74) is 6.09. The molecule has 3 heterocycles. The van der Waals surface area contributed by atoms with E-state index in [1.165, 1.54) is 19.3 Å². The van der Waals surface area contributed by atoms with Crippen molar-refractivity contribution in [1.82, 2.24) is 10.2 Å². The standard InChI is InChI=1S/C13H23N3O/c14-9-7-10-4-5-11(8-9)16(10)12-3-1-2-6-15-13(12)17/h9-12H,1-8,14H2,(H,15,17). The van der Waals surface area contributed by atoms with Crippen molar-refractivity contribution in [3.05, 3.63) is 0 Å². The van der Waals surface area contributed by atoms with Crippen LogP contribution in [0.4, 0.5) is 0 Å². The third-order valence-corrected chi connectivity index (χ3v) is 4.69. The summed E-state index contributed by atoms with van der Waals surface area (Å²) in [4.78, 5) is 14.6. The first-order chi connectivity index (χ1) is 8.25. The summed E-state index contributed by atoms with van der Waals surface area (Å²) in [6.07, 6.45) is 7.98. The summed E-state index contributed by atoms with van der Waals surface area (Å²) in [5.74, 6) is 0.259. The Labute approximate surface area is 103 Å². The van der Waals surface area contributed by atoms with Gasteiger partial charge in [0.25, 0.3) is 0 Å². The Morgan fingerprint density at radius 3 is 2.53 bits per heavy atom. The molecule has 0 aromatic rings. The molecule has 3 saturated heterocycles. The number of hydrogen-bond donors (Lipinski definition) is 2. The van der Waals surface area contributed by atoms with Crippen LogP contribution in [0.5, 0.6) is 0 Å². The van der Waals surface area contributed by atoms with Gasteiger partial charge in [0.2, 0.25) is 5.91 Å². The van der Waals surface area contributed by atoms with Crippen molar-refractivity contribution in [3.8, 4) is 0 Å². The van der Waals surface area contributed by atoms with E-state index in [0.29, 0.717) is 18.1 Å². The highest BCUT2D eigenvalue weighted by Crippen LogP contribution is 2.37. The van der Waals surface area contributed by atoms with Gasteiger partial charge < -0.3 is 11.1 Å². The van der Waals surface area contributed by atoms with Crippen LogP contribution >= 0.6 is 0 Å². The first kappa shape index (κ1) is 11.5. The summed E-state index contributed by atoms with van der Waals surface area (Å²) < 4.78 is 0. The number of fused-ring (bicyclic) bond motifs is 2. The fraction of sp³-hybridized carbons (Fsp3) is 0.923. The SMILES string of the molecule is NC1CC2CCC(C1)N2C1CCCCNC1=O. The molecule has 96 valence electrons. The van der Waals surface area contributed by atoms with Gasteiger partial charge in [-0.05, 0) is 44.9 Å². The molecule has 0 aromatic carbocycles. The van der Waals surface area contributed by atoms with E-state index < -0.39 is 0 Å². The highest BCUT2D eigenvalue weighted by atomic mass is 16.2. The molecule has 3 rings (SSSR count). The molecule has 4 nitrogen and oxygen atoms in total. The number of carbonyl (C=O) groups is 1. The van der Waals surface area contributed by atoms with Gasteiger partial charge in [-0.1, -0.05) is 0 Å². The molecule has 0 saturated carbocycles. The highest BCUT2D eigenvalue weighted by Gasteiger charge is 2.44. The van der Waals surface area contributed by atoms with E-state index in [2.05, 4.69) is 10.2 Å². The van der Waals surface area contributed by atoms with E-state index in [0.717, 1.165) is 32.2 Å². The van der Waals surface area contributed by atoms with Crippen LogP contribution in [-0.2, 0) is 4.79 Å². The lowest BCUT2D eigenvalue weighted by atomic mass is 9.94. The molecule has 3 fully saturated rings. The minimum absolute atomic E-state index is 0.127. The Balaban J connectivity index is 1.77. The zero-order valence-corrected chi connectivity index (χ0v) is 10.4. The van der Waals surface area contributed by atoms with Crippen LogP contribution in [0.3, 0.4) is 0 Å². The van der Waals surface area contributed by atoms with E-state index in [-0.39, 0.29) is 11.9 Å². The fourth-order valence-corrected chi connectivity index (χ4v) is 3.97. The molecular weight excluding hydrogens is 214 g/mol. The van der Waals surface area contributed by atoms with Crippen molar-refractivity contribution in [2.45, 2.75) is 69.1 Å². The zero-order valence-electron chi connectivity index (χ0n) is 10.4. The summed E-state index contributed by atoms with van der Waals surface area (Å²) in [7, 11) is 0. The third kappa shape index (κ3) is 2.08. The number of nitrogens with two attached hydrogens (primary N) is 1.